The van der Waals surface area contributed by atoms with Gasteiger partial charge in [0.1, 0.15) is 0 Å². The van der Waals surface area contributed by atoms with Gasteiger partial charge in [-0.05, 0) is 42.5 Å². The zero-order valence-corrected chi connectivity index (χ0v) is 12.7. The van der Waals surface area contributed by atoms with E-state index >= 15 is 0 Å². The van der Waals surface area contributed by atoms with Crippen molar-refractivity contribution in [1.82, 2.24) is 0 Å². The molecular formula is C14H13ClN2O3S. The Bertz CT molecular complexity index is 786. The number of hydrogen-bond acceptors (Lipinski definition) is 4. The number of carbonyl (C=O) groups excluding carboxylic acids is 1. The van der Waals surface area contributed by atoms with E-state index in [0.29, 0.717) is 11.4 Å². The third-order valence-corrected chi connectivity index (χ3v) is 4.23. The zero-order valence-electron chi connectivity index (χ0n) is 11.1. The molecule has 0 saturated carbocycles. The minimum atomic E-state index is -3.26. The maximum Gasteiger partial charge on any atom is 0.257 e. The number of rotatable bonds is 3. The molecule has 2 aromatic rings. The Morgan fingerprint density at radius 1 is 1.14 bits per heavy atom. The van der Waals surface area contributed by atoms with E-state index in [4.69, 9.17) is 17.3 Å². The average Bonchev–Trinajstić information content (AvgIpc) is 2.41. The highest BCUT2D eigenvalue weighted by atomic mass is 35.5. The number of sulfone groups is 1. The first-order chi connectivity index (χ1) is 9.77. The van der Waals surface area contributed by atoms with Gasteiger partial charge in [0.05, 0.1) is 15.5 Å². The predicted molar refractivity (Wildman–Crippen MR) is 83.4 cm³/mol. The first kappa shape index (κ1) is 15.3. The molecule has 0 aliphatic carbocycles. The molecule has 21 heavy (non-hydrogen) atoms. The van der Waals surface area contributed by atoms with Gasteiger partial charge in [0, 0.05) is 17.6 Å². The van der Waals surface area contributed by atoms with Gasteiger partial charge >= 0.3 is 0 Å². The van der Waals surface area contributed by atoms with Crippen molar-refractivity contribution in [3.05, 3.63) is 53.1 Å². The molecule has 0 atom stereocenters. The summed E-state index contributed by atoms with van der Waals surface area (Å²) in [4.78, 5) is 12.3. The maximum atomic E-state index is 12.1. The second-order valence-electron chi connectivity index (χ2n) is 4.49. The number of nitrogens with one attached hydrogen (secondary N) is 1. The highest BCUT2D eigenvalue weighted by Gasteiger charge is 2.12. The molecule has 7 heteroatoms. The summed E-state index contributed by atoms with van der Waals surface area (Å²) in [6.45, 7) is 0. The van der Waals surface area contributed by atoms with Gasteiger partial charge in [0.15, 0.2) is 9.84 Å². The van der Waals surface area contributed by atoms with Gasteiger partial charge in [-0.3, -0.25) is 4.79 Å². The number of halogens is 1. The molecule has 0 aliphatic rings. The fourth-order valence-electron chi connectivity index (χ4n) is 1.70. The van der Waals surface area contributed by atoms with E-state index in [1.807, 2.05) is 0 Å². The van der Waals surface area contributed by atoms with Crippen LogP contribution in [0.3, 0.4) is 0 Å². The van der Waals surface area contributed by atoms with E-state index in [1.54, 1.807) is 12.1 Å². The lowest BCUT2D eigenvalue weighted by Gasteiger charge is -2.08. The van der Waals surface area contributed by atoms with Crippen molar-refractivity contribution in [2.45, 2.75) is 4.90 Å². The molecule has 0 aliphatic heterocycles. The van der Waals surface area contributed by atoms with Crippen LogP contribution in [0.5, 0.6) is 0 Å². The van der Waals surface area contributed by atoms with E-state index in [-0.39, 0.29) is 15.5 Å². The third-order valence-electron chi connectivity index (χ3n) is 2.78. The topological polar surface area (TPSA) is 89.3 Å². The van der Waals surface area contributed by atoms with Crippen molar-refractivity contribution in [3.8, 4) is 0 Å². The summed E-state index contributed by atoms with van der Waals surface area (Å²) < 4.78 is 22.7. The van der Waals surface area contributed by atoms with Gasteiger partial charge in [-0.2, -0.15) is 0 Å². The zero-order chi connectivity index (χ0) is 15.6. The SMILES string of the molecule is CS(=O)(=O)c1ccc(NC(=O)c2cc(N)ccc2Cl)cc1. The Balaban J connectivity index is 2.22. The van der Waals surface area contributed by atoms with Crippen molar-refractivity contribution in [2.75, 3.05) is 17.3 Å². The maximum absolute atomic E-state index is 12.1. The van der Waals surface area contributed by atoms with E-state index in [0.717, 1.165) is 6.26 Å². The molecule has 2 rings (SSSR count). The first-order valence-electron chi connectivity index (χ1n) is 5.94. The molecule has 5 nitrogen and oxygen atoms in total. The second kappa shape index (κ2) is 5.75. The van der Waals surface area contributed by atoms with Crippen molar-refractivity contribution in [2.24, 2.45) is 0 Å². The smallest absolute Gasteiger partial charge is 0.257 e. The van der Waals surface area contributed by atoms with Gasteiger partial charge in [-0.25, -0.2) is 8.42 Å². The molecule has 0 spiro atoms. The van der Waals surface area contributed by atoms with Crippen LogP contribution in [0.25, 0.3) is 0 Å². The van der Waals surface area contributed by atoms with Gasteiger partial charge in [-0.15, -0.1) is 0 Å². The van der Waals surface area contributed by atoms with Crippen LogP contribution in [-0.4, -0.2) is 20.6 Å². The highest BCUT2D eigenvalue weighted by molar-refractivity contribution is 7.90. The second-order valence-corrected chi connectivity index (χ2v) is 6.91. The van der Waals surface area contributed by atoms with Crippen molar-refractivity contribution in [3.63, 3.8) is 0 Å². The Morgan fingerprint density at radius 3 is 2.33 bits per heavy atom. The monoisotopic (exact) mass is 324 g/mol. The van der Waals surface area contributed by atoms with Gasteiger partial charge in [0.25, 0.3) is 5.91 Å². The summed E-state index contributed by atoms with van der Waals surface area (Å²) in [5.41, 5.74) is 6.77. The van der Waals surface area contributed by atoms with Gasteiger partial charge in [-0.1, -0.05) is 11.6 Å². The molecule has 110 valence electrons. The van der Waals surface area contributed by atoms with Crippen LogP contribution in [0.2, 0.25) is 5.02 Å². The minimum absolute atomic E-state index is 0.183. The number of carbonyl (C=O) groups is 1. The van der Waals surface area contributed by atoms with Gasteiger partial charge in [0.2, 0.25) is 0 Å². The van der Waals surface area contributed by atoms with Crippen LogP contribution in [0, 0.1) is 0 Å². The summed E-state index contributed by atoms with van der Waals surface area (Å²) >= 11 is 5.95. The summed E-state index contributed by atoms with van der Waals surface area (Å²) in [5, 5.41) is 2.92. The summed E-state index contributed by atoms with van der Waals surface area (Å²) in [7, 11) is -3.26. The van der Waals surface area contributed by atoms with Crippen LogP contribution >= 0.6 is 11.6 Å². The lowest BCUT2D eigenvalue weighted by atomic mass is 10.2. The predicted octanol–water partition coefficient (Wildman–Crippen LogP) is 2.58. The van der Waals surface area contributed by atoms with Gasteiger partial charge < -0.3 is 11.1 Å². The molecule has 3 N–H and O–H groups in total. The number of nitrogen functional groups attached to an aromatic ring is 1. The van der Waals surface area contributed by atoms with E-state index in [9.17, 15) is 13.2 Å². The van der Waals surface area contributed by atoms with Crippen molar-refractivity contribution >= 4 is 38.7 Å². The standard InChI is InChI=1S/C14H13ClN2O3S/c1-21(19,20)11-5-3-10(4-6-11)17-14(18)12-8-9(16)2-7-13(12)15/h2-8H,16H2,1H3,(H,17,18). The Hall–Kier alpha value is -2.05. The fraction of sp³-hybridized carbons (Fsp3) is 0.0714. The first-order valence-corrected chi connectivity index (χ1v) is 8.21. The van der Waals surface area contributed by atoms with E-state index < -0.39 is 15.7 Å². The Labute approximate surface area is 127 Å². The normalized spacial score (nSPS) is 11.1. The van der Waals surface area contributed by atoms with Crippen LogP contribution in [0.1, 0.15) is 10.4 Å². The molecule has 0 unspecified atom stereocenters. The molecule has 1 amide bonds. The number of amides is 1. The number of hydrogen-bond donors (Lipinski definition) is 2. The van der Waals surface area contributed by atoms with Crippen LogP contribution < -0.4 is 11.1 Å². The molecule has 0 heterocycles. The molecule has 0 bridgehead atoms. The quantitative estimate of drug-likeness (QED) is 0.849. The molecule has 0 fully saturated rings. The fourth-order valence-corrected chi connectivity index (χ4v) is 2.53. The Kier molecular flexibility index (Phi) is 4.20. The summed E-state index contributed by atoms with van der Waals surface area (Å²) in [5.74, 6) is -0.417. The minimum Gasteiger partial charge on any atom is -0.399 e. The van der Waals surface area contributed by atoms with Crippen molar-refractivity contribution < 1.29 is 13.2 Å². The van der Waals surface area contributed by atoms with Crippen LogP contribution in [0.15, 0.2) is 47.4 Å². The largest absolute Gasteiger partial charge is 0.399 e. The van der Waals surface area contributed by atoms with Crippen LogP contribution in [-0.2, 0) is 9.84 Å². The summed E-state index contributed by atoms with van der Waals surface area (Å²) in [6, 6.07) is 10.5. The van der Waals surface area contributed by atoms with E-state index in [2.05, 4.69) is 5.32 Å². The lowest BCUT2D eigenvalue weighted by molar-refractivity contribution is 0.102. The number of nitrogens with two attached hydrogens (primary N) is 1. The molecule has 0 saturated heterocycles. The van der Waals surface area contributed by atoms with Crippen LogP contribution in [0.4, 0.5) is 11.4 Å². The number of anilines is 2. The molecule has 2 aromatic carbocycles. The molecule has 0 aromatic heterocycles. The molecule has 0 radical (unpaired) electrons. The lowest BCUT2D eigenvalue weighted by Crippen LogP contribution is -2.13. The molecular weight excluding hydrogens is 312 g/mol. The van der Waals surface area contributed by atoms with Crippen molar-refractivity contribution in [1.29, 1.82) is 0 Å². The third kappa shape index (κ3) is 3.74. The summed E-state index contributed by atoms with van der Waals surface area (Å²) in [6.07, 6.45) is 1.12. The Morgan fingerprint density at radius 2 is 1.76 bits per heavy atom. The number of benzene rings is 2. The van der Waals surface area contributed by atoms with E-state index in [1.165, 1.54) is 30.3 Å². The highest BCUT2D eigenvalue weighted by Crippen LogP contribution is 2.21. The average molecular weight is 325 g/mol.